The summed E-state index contributed by atoms with van der Waals surface area (Å²) in [5.74, 6) is -1.22. The van der Waals surface area contributed by atoms with Gasteiger partial charge in [0.25, 0.3) is 0 Å². The molecular weight excluding hydrogens is 401 g/mol. The summed E-state index contributed by atoms with van der Waals surface area (Å²) in [6.45, 7) is 1.11. The van der Waals surface area contributed by atoms with Crippen LogP contribution in [0.15, 0.2) is 72.8 Å². The first-order valence-corrected chi connectivity index (χ1v) is 11.3. The molecule has 6 heteroatoms. The molecule has 0 radical (unpaired) electrons. The van der Waals surface area contributed by atoms with Gasteiger partial charge in [-0.1, -0.05) is 60.7 Å². The Morgan fingerprint density at radius 1 is 0.967 bits per heavy atom. The topological polar surface area (TPSA) is 63.2 Å². The lowest BCUT2D eigenvalue weighted by Crippen LogP contribution is -2.37. The molecule has 0 spiro atoms. The second kappa shape index (κ2) is 7.78. The summed E-state index contributed by atoms with van der Waals surface area (Å²) in [4.78, 5) is 12.8. The zero-order valence-electron chi connectivity index (χ0n) is 16.6. The van der Waals surface area contributed by atoms with Gasteiger partial charge in [-0.2, -0.15) is 0 Å². The number of carbonyl (C=O) groups excluding carboxylic acids is 1. The Labute approximate surface area is 175 Å². The fourth-order valence-corrected chi connectivity index (χ4v) is 5.41. The summed E-state index contributed by atoms with van der Waals surface area (Å²) in [6, 6.07) is 21.5. The fraction of sp³-hybridized carbons (Fsp3) is 0.208. The summed E-state index contributed by atoms with van der Waals surface area (Å²) in [6.07, 6.45) is 0.995. The van der Waals surface area contributed by atoms with Crippen molar-refractivity contribution in [2.24, 2.45) is 0 Å². The van der Waals surface area contributed by atoms with Crippen molar-refractivity contribution in [3.63, 3.8) is 0 Å². The van der Waals surface area contributed by atoms with Crippen molar-refractivity contribution < 1.29 is 17.6 Å². The van der Waals surface area contributed by atoms with Crippen molar-refractivity contribution in [2.75, 3.05) is 6.54 Å². The van der Waals surface area contributed by atoms with Gasteiger partial charge >= 0.3 is 0 Å². The van der Waals surface area contributed by atoms with E-state index in [0.29, 0.717) is 29.5 Å². The Kier molecular flexibility index (Phi) is 5.30. The van der Waals surface area contributed by atoms with Gasteiger partial charge in [0.2, 0.25) is 10.0 Å². The van der Waals surface area contributed by atoms with Gasteiger partial charge in [-0.05, 0) is 54.2 Å². The van der Waals surface area contributed by atoms with Gasteiger partial charge in [-0.3, -0.25) is 4.79 Å². The Balaban J connectivity index is 1.57. The number of aryl methyl sites for hydroxylation is 1. The zero-order valence-corrected chi connectivity index (χ0v) is 17.4. The average molecular weight is 424 g/mol. The van der Waals surface area contributed by atoms with Crippen LogP contribution in [-0.4, -0.2) is 20.7 Å². The van der Waals surface area contributed by atoms with E-state index in [4.69, 9.17) is 0 Å². The molecule has 154 valence electrons. The van der Waals surface area contributed by atoms with E-state index in [1.54, 1.807) is 37.3 Å². The quantitative estimate of drug-likeness (QED) is 0.565. The van der Waals surface area contributed by atoms with Gasteiger partial charge in [0.1, 0.15) is 10.6 Å². The summed E-state index contributed by atoms with van der Waals surface area (Å²) < 4.78 is 42.0. The maximum atomic E-state index is 14.7. The fourth-order valence-electron chi connectivity index (χ4n) is 3.73. The highest BCUT2D eigenvalue weighted by molar-refractivity contribution is 7.90. The highest BCUT2D eigenvalue weighted by Crippen LogP contribution is 2.52. The Bertz CT molecular complexity index is 1190. The third-order valence-electron chi connectivity index (χ3n) is 5.60. The van der Waals surface area contributed by atoms with Gasteiger partial charge in [-0.25, -0.2) is 17.5 Å². The molecule has 1 aliphatic rings. The van der Waals surface area contributed by atoms with Crippen molar-refractivity contribution in [1.82, 2.24) is 4.72 Å². The number of rotatable bonds is 7. The van der Waals surface area contributed by atoms with Crippen LogP contribution in [0.3, 0.4) is 0 Å². The first-order valence-electron chi connectivity index (χ1n) is 9.77. The first-order chi connectivity index (χ1) is 14.3. The number of benzene rings is 3. The van der Waals surface area contributed by atoms with Gasteiger partial charge in [0.05, 0.1) is 12.1 Å². The molecule has 1 aliphatic carbocycles. The van der Waals surface area contributed by atoms with Gasteiger partial charge in [0, 0.05) is 0 Å². The van der Waals surface area contributed by atoms with Crippen LogP contribution in [0.2, 0.25) is 0 Å². The van der Waals surface area contributed by atoms with Crippen molar-refractivity contribution >= 4 is 15.8 Å². The van der Waals surface area contributed by atoms with Crippen LogP contribution in [0.1, 0.15) is 34.3 Å². The molecule has 0 aliphatic heterocycles. The van der Waals surface area contributed by atoms with Gasteiger partial charge in [0.15, 0.2) is 5.78 Å². The van der Waals surface area contributed by atoms with Gasteiger partial charge < -0.3 is 0 Å². The van der Waals surface area contributed by atoms with Crippen LogP contribution >= 0.6 is 0 Å². The summed E-state index contributed by atoms with van der Waals surface area (Å²) in [5, 5.41) is 0. The van der Waals surface area contributed by atoms with E-state index in [1.807, 2.05) is 36.4 Å². The minimum atomic E-state index is -3.78. The Morgan fingerprint density at radius 2 is 1.57 bits per heavy atom. The number of sulfonamides is 1. The number of halogens is 1. The minimum absolute atomic E-state index is 0.110. The zero-order chi connectivity index (χ0) is 21.4. The van der Waals surface area contributed by atoms with Gasteiger partial charge in [-0.15, -0.1) is 0 Å². The molecule has 30 heavy (non-hydrogen) atoms. The maximum Gasteiger partial charge on any atom is 0.221 e. The lowest BCUT2D eigenvalue weighted by Gasteiger charge is -2.17. The van der Waals surface area contributed by atoms with Crippen LogP contribution in [0.25, 0.3) is 11.1 Å². The molecule has 4 nitrogen and oxygen atoms in total. The van der Waals surface area contributed by atoms with Crippen molar-refractivity contribution in [2.45, 2.75) is 24.5 Å². The third-order valence-corrected chi connectivity index (χ3v) is 7.80. The monoisotopic (exact) mass is 423 g/mol. The van der Waals surface area contributed by atoms with E-state index >= 15 is 0 Å². The van der Waals surface area contributed by atoms with E-state index in [9.17, 15) is 17.6 Å². The number of Topliss-reactive ketones (excluding diaryl/α,β-unsaturated/α-hetero) is 1. The first kappa shape index (κ1) is 20.4. The molecule has 4 rings (SSSR count). The SMILES string of the molecule is Cc1cc(-c2ccccc2)cc(C(=O)CNS(=O)(=O)C2(c3ccccc3)CC2)c1F. The maximum absolute atomic E-state index is 14.7. The third kappa shape index (κ3) is 3.68. The smallest absolute Gasteiger partial charge is 0.221 e. The molecule has 0 atom stereocenters. The van der Waals surface area contributed by atoms with E-state index in [2.05, 4.69) is 4.72 Å². The van der Waals surface area contributed by atoms with Crippen LogP contribution in [0.4, 0.5) is 4.39 Å². The summed E-state index contributed by atoms with van der Waals surface area (Å²) in [5.41, 5.74) is 2.50. The van der Waals surface area contributed by atoms with Crippen molar-refractivity contribution in [3.8, 4) is 11.1 Å². The Morgan fingerprint density at radius 3 is 2.17 bits per heavy atom. The van der Waals surface area contributed by atoms with Crippen molar-refractivity contribution in [1.29, 1.82) is 0 Å². The predicted molar refractivity (Wildman–Crippen MR) is 115 cm³/mol. The molecule has 0 aromatic heterocycles. The van der Waals surface area contributed by atoms with E-state index < -0.39 is 32.9 Å². The lowest BCUT2D eigenvalue weighted by atomic mass is 9.98. The molecule has 3 aromatic rings. The second-order valence-corrected chi connectivity index (χ2v) is 9.71. The van der Waals surface area contributed by atoms with E-state index in [1.165, 1.54) is 6.07 Å². The molecule has 0 amide bonds. The molecule has 1 N–H and O–H groups in total. The van der Waals surface area contributed by atoms with Crippen molar-refractivity contribution in [3.05, 3.63) is 95.3 Å². The molecule has 3 aromatic carbocycles. The molecule has 1 fully saturated rings. The number of hydrogen-bond acceptors (Lipinski definition) is 3. The second-order valence-electron chi connectivity index (χ2n) is 7.63. The predicted octanol–water partition coefficient (Wildman–Crippen LogP) is 4.59. The molecule has 0 heterocycles. The van der Waals surface area contributed by atoms with Crippen LogP contribution in [0, 0.1) is 12.7 Å². The molecule has 0 saturated heterocycles. The molecule has 0 unspecified atom stereocenters. The van der Waals surface area contributed by atoms with Crippen LogP contribution in [-0.2, 0) is 14.8 Å². The normalized spacial score (nSPS) is 15.0. The van der Waals surface area contributed by atoms with E-state index in [-0.39, 0.29) is 5.56 Å². The Hall–Kier alpha value is -2.83. The van der Waals surface area contributed by atoms with Crippen LogP contribution < -0.4 is 4.72 Å². The molecule has 0 bridgehead atoms. The minimum Gasteiger partial charge on any atom is -0.293 e. The highest BCUT2D eigenvalue weighted by atomic mass is 32.2. The average Bonchev–Trinajstić information content (AvgIpc) is 3.58. The summed E-state index contributed by atoms with van der Waals surface area (Å²) in [7, 11) is -3.78. The number of carbonyl (C=O) groups is 1. The molecular formula is C24H22FNO3S. The standard InChI is InChI=1S/C24H22FNO3S/c1-17-14-19(18-8-4-2-5-9-18)15-21(23(17)25)22(27)16-26-30(28,29)24(12-13-24)20-10-6-3-7-11-20/h2-11,14-15,26H,12-13,16H2,1H3. The number of nitrogens with one attached hydrogen (secondary N) is 1. The summed E-state index contributed by atoms with van der Waals surface area (Å²) >= 11 is 0. The number of ketones is 1. The lowest BCUT2D eigenvalue weighted by molar-refractivity contribution is 0.0993. The van der Waals surface area contributed by atoms with Crippen LogP contribution in [0.5, 0.6) is 0 Å². The largest absolute Gasteiger partial charge is 0.293 e. The molecule has 1 saturated carbocycles. The van der Waals surface area contributed by atoms with E-state index in [0.717, 1.165) is 5.56 Å². The number of hydrogen-bond donors (Lipinski definition) is 1. The highest BCUT2D eigenvalue weighted by Gasteiger charge is 2.55.